The van der Waals surface area contributed by atoms with E-state index in [2.05, 4.69) is 157 Å². The molecule has 0 saturated heterocycles. The standard InChI is InChI=1S/C37H30ClN3O.C21H23N3O.C2H7N/c1-26(27-14-6-2-7-15-27)40-25-29-22-33-34(23-28(29)24-35(40)42)41(39-36(33)38)37(30-16-8-3-9-17-30,31-18-10-4-11-19-31)32-20-12-5-13-21-32;1-3-22-21-19-10-18-13-24(14(2)15-7-5-4-6-8-15)20(25)11-16(18)9-17(19)12-23-21;1-2-3/h2-23,26H,24-25H2,1H3;4-10,14H,3,11-13H2,1-2H3,(H,22,23);2-3H2,1H3/t26-;14-;/m11./s1. The Kier molecular flexibility index (Phi) is 14.4. The van der Waals surface area contributed by atoms with E-state index >= 15 is 0 Å². The van der Waals surface area contributed by atoms with Gasteiger partial charge in [0.25, 0.3) is 0 Å². The number of carbonyl (C=O) groups excluding carboxylic acids is 2. The number of aromatic nitrogens is 2. The van der Waals surface area contributed by atoms with Gasteiger partial charge in [0.05, 0.1) is 37.0 Å². The molecule has 3 N–H and O–H groups in total. The maximum atomic E-state index is 13.5. The largest absolute Gasteiger partial charge is 0.370 e. The van der Waals surface area contributed by atoms with Gasteiger partial charge in [0.1, 0.15) is 11.4 Å². The Bertz CT molecular complexity index is 3030. The summed E-state index contributed by atoms with van der Waals surface area (Å²) >= 11 is 7.00. The summed E-state index contributed by atoms with van der Waals surface area (Å²) in [5.41, 5.74) is 17.4. The third-order valence-corrected chi connectivity index (χ3v) is 14.1. The Labute approximate surface area is 416 Å². The third kappa shape index (κ3) is 9.27. The topological polar surface area (TPSA) is 109 Å². The normalized spacial score (nSPS) is 14.8. The van der Waals surface area contributed by atoms with E-state index in [1.807, 2.05) is 71.3 Å². The maximum Gasteiger partial charge on any atom is 0.227 e. The van der Waals surface area contributed by atoms with Crippen LogP contribution in [0.2, 0.25) is 5.15 Å². The molecule has 70 heavy (non-hydrogen) atoms. The van der Waals surface area contributed by atoms with Gasteiger partial charge >= 0.3 is 0 Å². The number of amides is 2. The molecular formula is C60H60ClN7O2. The summed E-state index contributed by atoms with van der Waals surface area (Å²) in [5, 5.41) is 9.74. The molecule has 3 aliphatic rings. The summed E-state index contributed by atoms with van der Waals surface area (Å²) in [6, 6.07) is 60.5. The Balaban J connectivity index is 0.000000185. The molecular weight excluding hydrogens is 886 g/mol. The lowest BCUT2D eigenvalue weighted by Gasteiger charge is -2.37. The monoisotopic (exact) mass is 945 g/mol. The average molecular weight is 947 g/mol. The molecule has 0 fully saturated rings. The van der Waals surface area contributed by atoms with Crippen LogP contribution in [0.5, 0.6) is 0 Å². The number of fused-ring (bicyclic) bond motifs is 4. The third-order valence-electron chi connectivity index (χ3n) is 13.8. The molecule has 3 aliphatic heterocycles. The Morgan fingerprint density at radius 2 is 1.03 bits per heavy atom. The number of amidine groups is 1. The Hall–Kier alpha value is -7.33. The molecule has 4 heterocycles. The van der Waals surface area contributed by atoms with Gasteiger partial charge in [-0.15, -0.1) is 0 Å². The second-order valence-electron chi connectivity index (χ2n) is 18.1. The fourth-order valence-corrected chi connectivity index (χ4v) is 10.5. The highest BCUT2D eigenvalue weighted by Gasteiger charge is 2.41. The van der Waals surface area contributed by atoms with Crippen molar-refractivity contribution < 1.29 is 9.59 Å². The van der Waals surface area contributed by atoms with Crippen molar-refractivity contribution in [2.24, 2.45) is 10.7 Å². The Morgan fingerprint density at radius 3 is 1.49 bits per heavy atom. The van der Waals surface area contributed by atoms with Crippen molar-refractivity contribution in [2.45, 2.75) is 77.8 Å². The molecule has 11 rings (SSSR count). The SMILES string of the molecule is CCN.CCNC1=NCc2cc3c(cc21)CN([C@H](C)c1ccccc1)C(=O)C3.C[C@H](c1ccccc1)N1Cc2cc3c(Cl)nn(C(c4ccccc4)(c4ccccc4)c4ccccc4)c3cc2CC1=O. The molecule has 0 bridgehead atoms. The summed E-state index contributed by atoms with van der Waals surface area (Å²) in [6.07, 6.45) is 0.816. The van der Waals surface area contributed by atoms with Crippen LogP contribution in [0, 0.1) is 0 Å². The first kappa shape index (κ1) is 47.7. The highest BCUT2D eigenvalue weighted by molar-refractivity contribution is 6.34. The van der Waals surface area contributed by atoms with Gasteiger partial charge in [-0.3, -0.25) is 14.6 Å². The quantitative estimate of drug-likeness (QED) is 0.140. The van der Waals surface area contributed by atoms with Crippen molar-refractivity contribution in [1.29, 1.82) is 0 Å². The van der Waals surface area contributed by atoms with Crippen LogP contribution >= 0.6 is 11.6 Å². The van der Waals surface area contributed by atoms with Gasteiger partial charge in [0, 0.05) is 30.6 Å². The summed E-state index contributed by atoms with van der Waals surface area (Å²) in [5.74, 6) is 1.31. The predicted octanol–water partition coefficient (Wildman–Crippen LogP) is 11.3. The van der Waals surface area contributed by atoms with E-state index in [1.165, 1.54) is 22.3 Å². The number of hydrogen-bond acceptors (Lipinski definition) is 6. The van der Waals surface area contributed by atoms with Crippen LogP contribution in [0.3, 0.4) is 0 Å². The smallest absolute Gasteiger partial charge is 0.227 e. The van der Waals surface area contributed by atoms with Gasteiger partial charge in [-0.2, -0.15) is 5.10 Å². The number of rotatable bonds is 9. The van der Waals surface area contributed by atoms with E-state index in [1.54, 1.807) is 0 Å². The van der Waals surface area contributed by atoms with Gasteiger partial charge < -0.3 is 20.9 Å². The minimum absolute atomic E-state index is 0.0253. The van der Waals surface area contributed by atoms with Gasteiger partial charge in [-0.05, 0) is 101 Å². The van der Waals surface area contributed by atoms with Crippen LogP contribution in [0.1, 0.15) is 101 Å². The molecule has 0 saturated carbocycles. The van der Waals surface area contributed by atoms with E-state index < -0.39 is 5.54 Å². The van der Waals surface area contributed by atoms with Crippen LogP contribution in [0.25, 0.3) is 10.9 Å². The van der Waals surface area contributed by atoms with Crippen LogP contribution in [-0.4, -0.2) is 50.3 Å². The number of nitrogens with one attached hydrogen (secondary N) is 1. The van der Waals surface area contributed by atoms with Gasteiger partial charge in [0.2, 0.25) is 11.8 Å². The molecule has 10 heteroatoms. The summed E-state index contributed by atoms with van der Waals surface area (Å²) in [4.78, 5) is 34.8. The van der Waals surface area contributed by atoms with Crippen LogP contribution in [0.4, 0.5) is 0 Å². The zero-order valence-electron chi connectivity index (χ0n) is 40.4. The zero-order valence-corrected chi connectivity index (χ0v) is 41.1. The minimum atomic E-state index is -0.796. The fraction of sp³-hybridized carbons (Fsp3) is 0.233. The molecule has 8 aromatic rings. The van der Waals surface area contributed by atoms with E-state index in [-0.39, 0.29) is 23.9 Å². The van der Waals surface area contributed by atoms with Crippen LogP contribution in [0.15, 0.2) is 181 Å². The van der Waals surface area contributed by atoms with Gasteiger partial charge in [0.15, 0.2) is 5.15 Å². The summed E-state index contributed by atoms with van der Waals surface area (Å²) in [7, 11) is 0. The second-order valence-corrected chi connectivity index (χ2v) is 18.5. The molecule has 354 valence electrons. The predicted molar refractivity (Wildman–Crippen MR) is 283 cm³/mol. The number of halogens is 1. The van der Waals surface area contributed by atoms with Crippen molar-refractivity contribution in [1.82, 2.24) is 24.9 Å². The maximum absolute atomic E-state index is 13.5. The first-order valence-electron chi connectivity index (χ1n) is 24.3. The van der Waals surface area contributed by atoms with Crippen molar-refractivity contribution in [3.63, 3.8) is 0 Å². The fourth-order valence-electron chi connectivity index (χ4n) is 10.3. The molecule has 9 nitrogen and oxygen atoms in total. The lowest BCUT2D eigenvalue weighted by atomic mass is 9.77. The van der Waals surface area contributed by atoms with Crippen molar-refractivity contribution >= 4 is 40.2 Å². The zero-order chi connectivity index (χ0) is 48.8. The van der Waals surface area contributed by atoms with Crippen LogP contribution < -0.4 is 11.1 Å². The van der Waals surface area contributed by atoms with Crippen LogP contribution in [-0.2, 0) is 47.6 Å². The molecule has 0 spiro atoms. The number of carbonyl (C=O) groups is 2. The molecule has 0 unspecified atom stereocenters. The van der Waals surface area contributed by atoms with Crippen molar-refractivity contribution in [2.75, 3.05) is 13.1 Å². The number of hydrogen-bond donors (Lipinski definition) is 2. The molecule has 1 aromatic heterocycles. The van der Waals surface area contributed by atoms with Crippen molar-refractivity contribution in [3.05, 3.63) is 242 Å². The summed E-state index contributed by atoms with van der Waals surface area (Å²) in [6.45, 7) is 11.7. The van der Waals surface area contributed by atoms with E-state index in [0.29, 0.717) is 37.6 Å². The van der Waals surface area contributed by atoms with E-state index in [4.69, 9.17) is 22.4 Å². The number of nitrogens with two attached hydrogens (primary N) is 1. The average Bonchev–Trinajstić information content (AvgIpc) is 3.94. The van der Waals surface area contributed by atoms with E-state index in [0.717, 1.165) is 68.8 Å². The van der Waals surface area contributed by atoms with Gasteiger partial charge in [-0.1, -0.05) is 176 Å². The first-order chi connectivity index (χ1) is 34.2. The molecule has 7 aromatic carbocycles. The molecule has 2 atom stereocenters. The number of benzene rings is 7. The molecule has 0 radical (unpaired) electrons. The van der Waals surface area contributed by atoms with Gasteiger partial charge in [-0.25, -0.2) is 4.68 Å². The summed E-state index contributed by atoms with van der Waals surface area (Å²) < 4.78 is 2.06. The first-order valence-corrected chi connectivity index (χ1v) is 24.7. The Morgan fingerprint density at radius 1 is 0.600 bits per heavy atom. The minimum Gasteiger partial charge on any atom is -0.370 e. The second kappa shape index (κ2) is 21.1. The molecule has 0 aliphatic carbocycles. The lowest BCUT2D eigenvalue weighted by molar-refractivity contribution is -0.135. The molecule has 2 amide bonds. The highest BCUT2D eigenvalue weighted by Crippen LogP contribution is 2.44. The van der Waals surface area contributed by atoms with E-state index in [9.17, 15) is 9.59 Å². The number of nitrogens with zero attached hydrogens (tertiary/aromatic N) is 5. The lowest BCUT2D eigenvalue weighted by Crippen LogP contribution is -2.39. The number of aliphatic imine (C=N–C) groups is 1. The highest BCUT2D eigenvalue weighted by atomic mass is 35.5. The van der Waals surface area contributed by atoms with Crippen molar-refractivity contribution in [3.8, 4) is 0 Å².